The summed E-state index contributed by atoms with van der Waals surface area (Å²) >= 11 is 1.36. The van der Waals surface area contributed by atoms with Crippen LogP contribution in [0.1, 0.15) is 15.9 Å². The van der Waals surface area contributed by atoms with Crippen molar-refractivity contribution in [2.45, 2.75) is 6.61 Å². The van der Waals surface area contributed by atoms with Crippen molar-refractivity contribution in [3.05, 3.63) is 90.0 Å². The van der Waals surface area contributed by atoms with Crippen molar-refractivity contribution in [1.82, 2.24) is 4.98 Å². The molecule has 1 N–H and O–H groups in total. The molecule has 0 bridgehead atoms. The molecule has 0 aliphatic rings. The summed E-state index contributed by atoms with van der Waals surface area (Å²) in [6.45, 7) is -0.0923. The van der Waals surface area contributed by atoms with E-state index in [9.17, 15) is 9.59 Å². The Labute approximate surface area is 177 Å². The lowest BCUT2D eigenvalue weighted by atomic mass is 10.2. The van der Waals surface area contributed by atoms with Crippen molar-refractivity contribution < 1.29 is 19.1 Å². The first-order chi connectivity index (χ1) is 14.7. The summed E-state index contributed by atoms with van der Waals surface area (Å²) in [7, 11) is 0. The second-order valence-corrected chi connectivity index (χ2v) is 7.41. The minimum absolute atomic E-state index is 0.265. The summed E-state index contributed by atoms with van der Waals surface area (Å²) in [6, 6.07) is 24.0. The van der Waals surface area contributed by atoms with Crippen LogP contribution in [-0.4, -0.2) is 23.5 Å². The summed E-state index contributed by atoms with van der Waals surface area (Å²) in [5.74, 6) is -0.680. The van der Waals surface area contributed by atoms with Crippen LogP contribution in [0, 0.1) is 0 Å². The molecule has 30 heavy (non-hydrogen) atoms. The number of amides is 1. The fourth-order valence-corrected chi connectivity index (χ4v) is 3.67. The van der Waals surface area contributed by atoms with Crippen LogP contribution in [0.15, 0.2) is 78.9 Å². The Balaban J connectivity index is 1.35. The van der Waals surface area contributed by atoms with Gasteiger partial charge < -0.3 is 9.47 Å². The van der Waals surface area contributed by atoms with E-state index in [1.807, 2.05) is 54.6 Å². The first kappa shape index (κ1) is 19.6. The average Bonchev–Trinajstić information content (AvgIpc) is 3.19. The number of rotatable bonds is 7. The molecule has 4 aromatic rings. The Kier molecular flexibility index (Phi) is 6.01. The minimum atomic E-state index is -0.627. The predicted octanol–water partition coefficient (Wildman–Crippen LogP) is 4.67. The Morgan fingerprint density at radius 3 is 2.47 bits per heavy atom. The van der Waals surface area contributed by atoms with Crippen LogP contribution in [0.5, 0.6) is 5.75 Å². The number of thiazole rings is 1. The summed E-state index contributed by atoms with van der Waals surface area (Å²) < 4.78 is 11.9. The zero-order valence-corrected chi connectivity index (χ0v) is 16.7. The molecule has 1 amide bonds. The van der Waals surface area contributed by atoms with Crippen molar-refractivity contribution in [2.24, 2.45) is 0 Å². The van der Waals surface area contributed by atoms with E-state index >= 15 is 0 Å². The lowest BCUT2D eigenvalue weighted by Gasteiger charge is -2.11. The molecule has 7 heteroatoms. The third-order valence-electron chi connectivity index (χ3n) is 4.22. The lowest BCUT2D eigenvalue weighted by Crippen LogP contribution is -2.21. The summed E-state index contributed by atoms with van der Waals surface area (Å²) in [5.41, 5.74) is 2.05. The number of carbonyl (C=O) groups excluding carboxylic acids is 2. The van der Waals surface area contributed by atoms with Crippen LogP contribution in [0.25, 0.3) is 10.2 Å². The van der Waals surface area contributed by atoms with Crippen molar-refractivity contribution in [1.29, 1.82) is 0 Å². The van der Waals surface area contributed by atoms with Crippen LogP contribution < -0.4 is 10.1 Å². The maximum absolute atomic E-state index is 12.5. The van der Waals surface area contributed by atoms with Crippen molar-refractivity contribution in [3.63, 3.8) is 0 Å². The van der Waals surface area contributed by atoms with Gasteiger partial charge in [0, 0.05) is 0 Å². The number of hydrogen-bond donors (Lipinski definition) is 1. The number of ether oxygens (including phenoxy) is 2. The highest BCUT2D eigenvalue weighted by molar-refractivity contribution is 7.22. The molecule has 0 radical (unpaired) electrons. The van der Waals surface area contributed by atoms with Crippen molar-refractivity contribution >= 4 is 38.6 Å². The van der Waals surface area contributed by atoms with E-state index < -0.39 is 18.5 Å². The van der Waals surface area contributed by atoms with Gasteiger partial charge in [-0.3, -0.25) is 10.1 Å². The van der Waals surface area contributed by atoms with Gasteiger partial charge in [-0.15, -0.1) is 0 Å². The molecular formula is C23H18N2O4S. The van der Waals surface area contributed by atoms with E-state index in [0.29, 0.717) is 17.5 Å². The van der Waals surface area contributed by atoms with E-state index in [1.165, 1.54) is 11.3 Å². The van der Waals surface area contributed by atoms with E-state index in [-0.39, 0.29) is 5.56 Å². The van der Waals surface area contributed by atoms with Gasteiger partial charge in [0.15, 0.2) is 11.7 Å². The van der Waals surface area contributed by atoms with Crippen LogP contribution in [0.4, 0.5) is 5.13 Å². The maximum atomic E-state index is 12.5. The quantitative estimate of drug-likeness (QED) is 0.441. The molecular weight excluding hydrogens is 400 g/mol. The Morgan fingerprint density at radius 2 is 1.63 bits per heavy atom. The normalized spacial score (nSPS) is 10.5. The smallest absolute Gasteiger partial charge is 0.342 e. The molecule has 3 aromatic carbocycles. The highest BCUT2D eigenvalue weighted by atomic mass is 32.1. The third kappa shape index (κ3) is 4.82. The molecule has 0 atom stereocenters. The van der Waals surface area contributed by atoms with Gasteiger partial charge in [-0.25, -0.2) is 9.78 Å². The Bertz CT molecular complexity index is 1140. The zero-order valence-electron chi connectivity index (χ0n) is 15.9. The molecule has 4 rings (SSSR count). The molecule has 0 unspecified atom stereocenters. The number of carbonyl (C=O) groups is 2. The fourth-order valence-electron chi connectivity index (χ4n) is 2.79. The van der Waals surface area contributed by atoms with Crippen molar-refractivity contribution in [3.8, 4) is 5.75 Å². The number of para-hydroxylation sites is 2. The molecule has 1 heterocycles. The van der Waals surface area contributed by atoms with Crippen LogP contribution >= 0.6 is 11.3 Å². The largest absolute Gasteiger partial charge is 0.488 e. The van der Waals surface area contributed by atoms with Crippen LogP contribution in [0.2, 0.25) is 0 Å². The van der Waals surface area contributed by atoms with E-state index in [0.717, 1.165) is 15.8 Å². The molecule has 0 saturated carbocycles. The van der Waals surface area contributed by atoms with Gasteiger partial charge >= 0.3 is 5.97 Å². The van der Waals surface area contributed by atoms with E-state index in [2.05, 4.69) is 10.3 Å². The van der Waals surface area contributed by atoms with Gasteiger partial charge in [0.2, 0.25) is 0 Å². The molecule has 0 spiro atoms. The van der Waals surface area contributed by atoms with Gasteiger partial charge in [-0.2, -0.15) is 0 Å². The van der Waals surface area contributed by atoms with Gasteiger partial charge in [0.05, 0.1) is 10.2 Å². The fraction of sp³-hybridized carbons (Fsp3) is 0.0870. The topological polar surface area (TPSA) is 77.5 Å². The van der Waals surface area contributed by atoms with Gasteiger partial charge in [0.25, 0.3) is 5.91 Å². The zero-order chi connectivity index (χ0) is 20.8. The second kappa shape index (κ2) is 9.19. The van der Waals surface area contributed by atoms with Crippen molar-refractivity contribution in [2.75, 3.05) is 11.9 Å². The SMILES string of the molecule is O=C(COC(=O)c1ccccc1OCc1ccccc1)Nc1nc2ccccc2s1. The molecule has 0 aliphatic carbocycles. The second-order valence-electron chi connectivity index (χ2n) is 6.38. The molecule has 150 valence electrons. The average molecular weight is 418 g/mol. The predicted molar refractivity (Wildman–Crippen MR) is 116 cm³/mol. The number of nitrogens with zero attached hydrogens (tertiary/aromatic N) is 1. The molecule has 0 saturated heterocycles. The molecule has 0 fully saturated rings. The number of fused-ring (bicyclic) bond motifs is 1. The summed E-state index contributed by atoms with van der Waals surface area (Å²) in [4.78, 5) is 29.0. The molecule has 1 aromatic heterocycles. The minimum Gasteiger partial charge on any atom is -0.488 e. The highest BCUT2D eigenvalue weighted by Gasteiger charge is 2.16. The Morgan fingerprint density at radius 1 is 0.900 bits per heavy atom. The lowest BCUT2D eigenvalue weighted by molar-refractivity contribution is -0.119. The standard InChI is InChI=1S/C23H18N2O4S/c26-21(25-23-24-18-11-5-7-13-20(18)30-23)15-29-22(27)17-10-4-6-12-19(17)28-14-16-8-2-1-3-9-16/h1-13H,14-15H2,(H,24,25,26). The summed E-state index contributed by atoms with van der Waals surface area (Å²) in [6.07, 6.45) is 0. The van der Waals surface area contributed by atoms with Gasteiger partial charge in [-0.1, -0.05) is 65.9 Å². The first-order valence-electron chi connectivity index (χ1n) is 9.27. The van der Waals surface area contributed by atoms with Crippen LogP contribution in [-0.2, 0) is 16.1 Å². The summed E-state index contributed by atoms with van der Waals surface area (Å²) in [5, 5.41) is 3.12. The Hall–Kier alpha value is -3.71. The number of aromatic nitrogens is 1. The number of benzene rings is 3. The highest BCUT2D eigenvalue weighted by Crippen LogP contribution is 2.25. The third-order valence-corrected chi connectivity index (χ3v) is 5.17. The van der Waals surface area contributed by atoms with Gasteiger partial charge in [0.1, 0.15) is 17.9 Å². The monoisotopic (exact) mass is 418 g/mol. The maximum Gasteiger partial charge on any atom is 0.342 e. The van der Waals surface area contributed by atoms with Crippen LogP contribution in [0.3, 0.4) is 0 Å². The molecule has 6 nitrogen and oxygen atoms in total. The number of nitrogens with one attached hydrogen (secondary N) is 1. The first-order valence-corrected chi connectivity index (χ1v) is 10.1. The molecule has 0 aliphatic heterocycles. The number of esters is 1. The van der Waals surface area contributed by atoms with E-state index in [1.54, 1.807) is 24.3 Å². The number of anilines is 1. The van der Waals surface area contributed by atoms with Gasteiger partial charge in [-0.05, 0) is 29.8 Å². The number of hydrogen-bond acceptors (Lipinski definition) is 6. The van der Waals surface area contributed by atoms with E-state index in [4.69, 9.17) is 9.47 Å².